The van der Waals surface area contributed by atoms with E-state index in [1.807, 2.05) is 40.9 Å². The third kappa shape index (κ3) is 3.31. The Morgan fingerprint density at radius 3 is 2.87 bits per heavy atom. The number of carbonyl (C=O) groups excluding carboxylic acids is 1. The van der Waals surface area contributed by atoms with Crippen LogP contribution < -0.4 is 5.32 Å². The molecule has 0 spiro atoms. The summed E-state index contributed by atoms with van der Waals surface area (Å²) in [6.45, 7) is 1.75. The molecule has 30 heavy (non-hydrogen) atoms. The Balaban J connectivity index is 1.54. The van der Waals surface area contributed by atoms with Crippen molar-refractivity contribution in [3.8, 4) is 10.7 Å². The molecule has 7 nitrogen and oxygen atoms in total. The van der Waals surface area contributed by atoms with Crippen LogP contribution in [0.5, 0.6) is 0 Å². The number of hydrogen-bond acceptors (Lipinski definition) is 6. The van der Waals surface area contributed by atoms with Gasteiger partial charge >= 0.3 is 0 Å². The maximum atomic E-state index is 14.5. The number of rotatable bonds is 4. The molecule has 0 atom stereocenters. The molecule has 1 aliphatic rings. The highest BCUT2D eigenvalue weighted by atomic mass is 32.2. The van der Waals surface area contributed by atoms with E-state index in [0.717, 1.165) is 28.5 Å². The fourth-order valence-corrected chi connectivity index (χ4v) is 5.94. The number of aromatic nitrogens is 5. The van der Waals surface area contributed by atoms with Crippen molar-refractivity contribution in [2.45, 2.75) is 19.1 Å². The molecule has 0 radical (unpaired) electrons. The fraction of sp³-hybridized carbons (Fsp3) is 0.200. The molecule has 1 amide bonds. The van der Waals surface area contributed by atoms with E-state index in [2.05, 4.69) is 20.8 Å². The molecule has 0 aliphatic carbocycles. The smallest absolute Gasteiger partial charge is 0.259 e. The first-order valence-corrected chi connectivity index (χ1v) is 11.3. The van der Waals surface area contributed by atoms with Crippen molar-refractivity contribution >= 4 is 34.7 Å². The largest absolute Gasteiger partial charge is 0.319 e. The van der Waals surface area contributed by atoms with Gasteiger partial charge in [0.25, 0.3) is 5.91 Å². The van der Waals surface area contributed by atoms with Gasteiger partial charge in [-0.05, 0) is 65.4 Å². The van der Waals surface area contributed by atoms with Crippen molar-refractivity contribution in [3.63, 3.8) is 0 Å². The van der Waals surface area contributed by atoms with Crippen LogP contribution in [0.25, 0.3) is 10.7 Å². The highest BCUT2D eigenvalue weighted by Gasteiger charge is 2.27. The number of nitrogens with one attached hydrogen (secondary N) is 1. The van der Waals surface area contributed by atoms with E-state index < -0.39 is 5.82 Å². The molecule has 0 unspecified atom stereocenters. The van der Waals surface area contributed by atoms with E-state index in [9.17, 15) is 9.18 Å². The molecule has 5 rings (SSSR count). The number of amides is 1. The standard InChI is InChI=1S/C20H17FN6OS2/c1-12-23-24-25-27(12)13-4-5-15(21)16(10-13)22-19(28)18-14-6-9-29-11-17(14)30-20(18)26-7-2-3-8-26/h2-5,7-8,10H,6,9,11H2,1H3,(H,22,28). The Morgan fingerprint density at radius 1 is 1.27 bits per heavy atom. The van der Waals surface area contributed by atoms with Crippen molar-refractivity contribution < 1.29 is 9.18 Å². The minimum Gasteiger partial charge on any atom is -0.319 e. The predicted molar refractivity (Wildman–Crippen MR) is 115 cm³/mol. The van der Waals surface area contributed by atoms with Crippen molar-refractivity contribution in [2.24, 2.45) is 0 Å². The molecular formula is C20H17FN6OS2. The first-order chi connectivity index (χ1) is 14.6. The van der Waals surface area contributed by atoms with Crippen molar-refractivity contribution in [3.05, 3.63) is 70.4 Å². The topological polar surface area (TPSA) is 77.6 Å². The van der Waals surface area contributed by atoms with Gasteiger partial charge in [-0.3, -0.25) is 4.79 Å². The summed E-state index contributed by atoms with van der Waals surface area (Å²) in [6, 6.07) is 8.27. The summed E-state index contributed by atoms with van der Waals surface area (Å²) in [4.78, 5) is 14.5. The second-order valence-electron chi connectivity index (χ2n) is 6.83. The van der Waals surface area contributed by atoms with Crippen LogP contribution in [0, 0.1) is 12.7 Å². The molecule has 10 heteroatoms. The number of thiophene rings is 1. The van der Waals surface area contributed by atoms with E-state index in [4.69, 9.17) is 0 Å². The average Bonchev–Trinajstić information content (AvgIpc) is 3.48. The number of fused-ring (bicyclic) bond motifs is 1. The summed E-state index contributed by atoms with van der Waals surface area (Å²) in [7, 11) is 0. The summed E-state index contributed by atoms with van der Waals surface area (Å²) in [5.74, 6) is 1.60. The minimum atomic E-state index is -0.514. The van der Waals surface area contributed by atoms with Gasteiger partial charge < -0.3 is 9.88 Å². The first-order valence-electron chi connectivity index (χ1n) is 9.33. The lowest BCUT2D eigenvalue weighted by Crippen LogP contribution is -2.17. The molecule has 1 aromatic carbocycles. The number of anilines is 1. The van der Waals surface area contributed by atoms with Crippen LogP contribution in [0.2, 0.25) is 0 Å². The number of tetrazole rings is 1. The van der Waals surface area contributed by atoms with E-state index in [-0.39, 0.29) is 11.6 Å². The van der Waals surface area contributed by atoms with Crippen LogP contribution in [-0.4, -0.2) is 36.4 Å². The van der Waals surface area contributed by atoms with Crippen molar-refractivity contribution in [1.82, 2.24) is 24.8 Å². The SMILES string of the molecule is Cc1nnnn1-c1ccc(F)c(NC(=O)c2c(-n3cccc3)sc3c2CCSC3)c1. The van der Waals surface area contributed by atoms with Gasteiger partial charge in [-0.2, -0.15) is 16.4 Å². The lowest BCUT2D eigenvalue weighted by atomic mass is 10.1. The Hall–Kier alpha value is -2.98. The normalized spacial score (nSPS) is 13.3. The van der Waals surface area contributed by atoms with Gasteiger partial charge in [-0.25, -0.2) is 4.39 Å². The Bertz CT molecular complexity index is 1230. The van der Waals surface area contributed by atoms with Crippen LogP contribution >= 0.6 is 23.1 Å². The molecule has 0 bridgehead atoms. The summed E-state index contributed by atoms with van der Waals surface area (Å²) in [5.41, 5.74) is 2.35. The molecule has 4 aromatic rings. The van der Waals surface area contributed by atoms with Gasteiger partial charge in [-0.15, -0.1) is 16.4 Å². The van der Waals surface area contributed by atoms with Gasteiger partial charge in [-0.1, -0.05) is 0 Å². The van der Waals surface area contributed by atoms with E-state index in [1.165, 1.54) is 15.6 Å². The first kappa shape index (κ1) is 19.0. The quantitative estimate of drug-likeness (QED) is 0.519. The molecule has 0 fully saturated rings. The number of carbonyl (C=O) groups is 1. The van der Waals surface area contributed by atoms with Crippen LogP contribution in [0.3, 0.4) is 0 Å². The lowest BCUT2D eigenvalue weighted by molar-refractivity contribution is 0.102. The Kier molecular flexibility index (Phi) is 4.87. The highest BCUT2D eigenvalue weighted by molar-refractivity contribution is 7.98. The molecule has 0 saturated carbocycles. The molecule has 1 N–H and O–H groups in total. The third-order valence-corrected chi connectivity index (χ3v) is 7.35. The molecule has 1 aliphatic heterocycles. The summed E-state index contributed by atoms with van der Waals surface area (Å²) >= 11 is 3.49. The summed E-state index contributed by atoms with van der Waals surface area (Å²) in [6.07, 6.45) is 4.67. The van der Waals surface area contributed by atoms with Crippen LogP contribution in [0.4, 0.5) is 10.1 Å². The second kappa shape index (κ2) is 7.69. The van der Waals surface area contributed by atoms with Gasteiger partial charge in [0.2, 0.25) is 0 Å². The predicted octanol–water partition coefficient (Wildman–Crippen LogP) is 4.00. The van der Waals surface area contributed by atoms with Crippen LogP contribution in [0.1, 0.15) is 26.6 Å². The number of aryl methyl sites for hydroxylation is 1. The molecular weight excluding hydrogens is 423 g/mol. The molecule has 3 aromatic heterocycles. The Labute approximate surface area is 179 Å². The molecule has 0 saturated heterocycles. The Morgan fingerprint density at radius 2 is 2.10 bits per heavy atom. The van der Waals surface area contributed by atoms with Gasteiger partial charge in [0, 0.05) is 23.0 Å². The fourth-order valence-electron chi connectivity index (χ4n) is 3.50. The zero-order chi connectivity index (χ0) is 20.7. The van der Waals surface area contributed by atoms with Gasteiger partial charge in [0.1, 0.15) is 10.8 Å². The van der Waals surface area contributed by atoms with Crippen LogP contribution in [0.15, 0.2) is 42.7 Å². The minimum absolute atomic E-state index is 0.0935. The average molecular weight is 441 g/mol. The van der Waals surface area contributed by atoms with E-state index >= 15 is 0 Å². The van der Waals surface area contributed by atoms with Gasteiger partial charge in [0.05, 0.1) is 16.9 Å². The number of thioether (sulfide) groups is 1. The maximum Gasteiger partial charge on any atom is 0.259 e. The number of hydrogen-bond donors (Lipinski definition) is 1. The van der Waals surface area contributed by atoms with Crippen molar-refractivity contribution in [1.29, 1.82) is 0 Å². The highest BCUT2D eigenvalue weighted by Crippen LogP contribution is 2.38. The van der Waals surface area contributed by atoms with E-state index in [0.29, 0.717) is 17.1 Å². The lowest BCUT2D eigenvalue weighted by Gasteiger charge is -2.14. The van der Waals surface area contributed by atoms with Gasteiger partial charge in [0.15, 0.2) is 5.82 Å². The summed E-state index contributed by atoms with van der Waals surface area (Å²) in [5, 5.41) is 15.0. The number of halogens is 1. The zero-order valence-electron chi connectivity index (χ0n) is 16.0. The zero-order valence-corrected chi connectivity index (χ0v) is 17.6. The monoisotopic (exact) mass is 440 g/mol. The summed E-state index contributed by atoms with van der Waals surface area (Å²) < 4.78 is 18.0. The number of nitrogens with zero attached hydrogens (tertiary/aromatic N) is 5. The molecule has 152 valence electrons. The maximum absolute atomic E-state index is 14.5. The van der Waals surface area contributed by atoms with E-state index in [1.54, 1.807) is 30.4 Å². The third-order valence-electron chi connectivity index (χ3n) is 4.94. The number of benzene rings is 1. The second-order valence-corrected chi connectivity index (χ2v) is 9.02. The van der Waals surface area contributed by atoms with Crippen LogP contribution in [-0.2, 0) is 12.2 Å². The molecule has 4 heterocycles. The van der Waals surface area contributed by atoms with Crippen molar-refractivity contribution in [2.75, 3.05) is 11.1 Å².